The Morgan fingerprint density at radius 2 is 1.70 bits per heavy atom. The molecule has 0 aliphatic carbocycles. The standard InChI is InChI=1S/C22H24F3N3O2/c1-13-8-14(2)12-28(11-13)21(30)16-5-4-15(3)18(9-16)27-20(29)17-6-7-19(26-10-17)22(23,24)25/h4-7,9-10,13-14H,8,11-12H2,1-3H3,(H,27,29). The van der Waals surface area contributed by atoms with E-state index in [0.29, 0.717) is 36.2 Å². The second kappa shape index (κ2) is 8.45. The number of pyridine rings is 1. The Morgan fingerprint density at radius 1 is 1.07 bits per heavy atom. The van der Waals surface area contributed by atoms with Gasteiger partial charge in [0.25, 0.3) is 11.8 Å². The average Bonchev–Trinajstić information content (AvgIpc) is 2.67. The maximum atomic E-state index is 12.9. The van der Waals surface area contributed by atoms with Gasteiger partial charge in [0.2, 0.25) is 0 Å². The van der Waals surface area contributed by atoms with Gasteiger partial charge in [0.05, 0.1) is 5.56 Å². The second-order valence-corrected chi connectivity index (χ2v) is 8.07. The van der Waals surface area contributed by atoms with E-state index in [1.807, 2.05) is 4.90 Å². The average molecular weight is 419 g/mol. The van der Waals surface area contributed by atoms with E-state index in [2.05, 4.69) is 24.1 Å². The van der Waals surface area contributed by atoms with Crippen LogP contribution in [-0.4, -0.2) is 34.8 Å². The molecule has 1 aromatic carbocycles. The molecule has 2 heterocycles. The minimum absolute atomic E-state index is 0.00203. The molecule has 0 bridgehead atoms. The van der Waals surface area contributed by atoms with E-state index in [9.17, 15) is 22.8 Å². The Kier molecular flexibility index (Phi) is 6.14. The summed E-state index contributed by atoms with van der Waals surface area (Å²) in [5.41, 5.74) is 0.567. The van der Waals surface area contributed by atoms with Crippen molar-refractivity contribution in [3.63, 3.8) is 0 Å². The lowest BCUT2D eigenvalue weighted by Crippen LogP contribution is -2.42. The number of alkyl halides is 3. The Labute approximate surface area is 173 Å². The lowest BCUT2D eigenvalue weighted by Gasteiger charge is -2.35. The quantitative estimate of drug-likeness (QED) is 0.779. The molecule has 0 saturated carbocycles. The lowest BCUT2D eigenvalue weighted by molar-refractivity contribution is -0.141. The summed E-state index contributed by atoms with van der Waals surface area (Å²) in [5, 5.41) is 2.67. The van der Waals surface area contributed by atoms with Gasteiger partial charge in [-0.25, -0.2) is 0 Å². The molecular formula is C22H24F3N3O2. The molecule has 30 heavy (non-hydrogen) atoms. The maximum Gasteiger partial charge on any atom is 0.433 e. The molecule has 5 nitrogen and oxygen atoms in total. The van der Waals surface area contributed by atoms with Crippen molar-refractivity contribution >= 4 is 17.5 Å². The van der Waals surface area contributed by atoms with E-state index in [4.69, 9.17) is 0 Å². The second-order valence-electron chi connectivity index (χ2n) is 8.07. The SMILES string of the molecule is Cc1ccc(C(=O)N2CC(C)CC(C)C2)cc1NC(=O)c1ccc(C(F)(F)F)nc1. The first-order valence-corrected chi connectivity index (χ1v) is 9.79. The molecule has 2 unspecified atom stereocenters. The molecule has 3 rings (SSSR count). The van der Waals surface area contributed by atoms with E-state index in [1.54, 1.807) is 25.1 Å². The Balaban J connectivity index is 1.76. The minimum Gasteiger partial charge on any atom is -0.338 e. The summed E-state index contributed by atoms with van der Waals surface area (Å²) in [7, 11) is 0. The molecule has 0 radical (unpaired) electrons. The zero-order chi connectivity index (χ0) is 22.1. The van der Waals surface area contributed by atoms with Gasteiger partial charge in [-0.15, -0.1) is 0 Å². The van der Waals surface area contributed by atoms with E-state index >= 15 is 0 Å². The maximum absolute atomic E-state index is 12.9. The van der Waals surface area contributed by atoms with E-state index in [1.165, 1.54) is 0 Å². The van der Waals surface area contributed by atoms with Crippen molar-refractivity contribution in [3.8, 4) is 0 Å². The number of amides is 2. The molecule has 1 fully saturated rings. The van der Waals surface area contributed by atoms with Crippen LogP contribution in [0.4, 0.5) is 18.9 Å². The molecule has 2 amide bonds. The third-order valence-electron chi connectivity index (χ3n) is 5.20. The van der Waals surface area contributed by atoms with Gasteiger partial charge in [0.1, 0.15) is 5.69 Å². The van der Waals surface area contributed by atoms with Crippen molar-refractivity contribution in [2.45, 2.75) is 33.4 Å². The highest BCUT2D eigenvalue weighted by Gasteiger charge is 2.32. The van der Waals surface area contributed by atoms with Crippen molar-refractivity contribution in [1.29, 1.82) is 0 Å². The van der Waals surface area contributed by atoms with Gasteiger partial charge in [0, 0.05) is 30.5 Å². The molecule has 1 aliphatic heterocycles. The number of hydrogen-bond donors (Lipinski definition) is 1. The van der Waals surface area contributed by atoms with Gasteiger partial charge >= 0.3 is 6.18 Å². The fourth-order valence-electron chi connectivity index (χ4n) is 3.79. The number of carbonyl (C=O) groups is 2. The van der Waals surface area contributed by atoms with Crippen LogP contribution in [0.25, 0.3) is 0 Å². The van der Waals surface area contributed by atoms with Gasteiger partial charge in [0.15, 0.2) is 0 Å². The minimum atomic E-state index is -4.57. The largest absolute Gasteiger partial charge is 0.433 e. The van der Waals surface area contributed by atoms with E-state index < -0.39 is 17.8 Å². The van der Waals surface area contributed by atoms with Crippen molar-refractivity contribution < 1.29 is 22.8 Å². The molecule has 0 spiro atoms. The van der Waals surface area contributed by atoms with Gasteiger partial charge in [-0.2, -0.15) is 13.2 Å². The van der Waals surface area contributed by atoms with Crippen LogP contribution in [0.2, 0.25) is 0 Å². The summed E-state index contributed by atoms with van der Waals surface area (Å²) in [5.74, 6) is 0.160. The summed E-state index contributed by atoms with van der Waals surface area (Å²) < 4.78 is 37.9. The number of aromatic nitrogens is 1. The van der Waals surface area contributed by atoms with Crippen molar-refractivity contribution in [2.24, 2.45) is 11.8 Å². The molecule has 2 atom stereocenters. The van der Waals surface area contributed by atoms with Crippen molar-refractivity contribution in [3.05, 3.63) is 58.9 Å². The van der Waals surface area contributed by atoms with Crippen LogP contribution in [0.3, 0.4) is 0 Å². The summed E-state index contributed by atoms with van der Waals surface area (Å²) in [6, 6.07) is 6.91. The number of nitrogens with one attached hydrogen (secondary N) is 1. The van der Waals surface area contributed by atoms with Crippen LogP contribution < -0.4 is 5.32 Å². The zero-order valence-corrected chi connectivity index (χ0v) is 17.1. The predicted molar refractivity (Wildman–Crippen MR) is 107 cm³/mol. The highest BCUT2D eigenvalue weighted by atomic mass is 19.4. The van der Waals surface area contributed by atoms with Crippen molar-refractivity contribution in [2.75, 3.05) is 18.4 Å². The van der Waals surface area contributed by atoms with Crippen LogP contribution in [0, 0.1) is 18.8 Å². The van der Waals surface area contributed by atoms with Crippen LogP contribution in [-0.2, 0) is 6.18 Å². The molecular weight excluding hydrogens is 395 g/mol. The normalized spacial score (nSPS) is 19.5. The highest BCUT2D eigenvalue weighted by Crippen LogP contribution is 2.28. The summed E-state index contributed by atoms with van der Waals surface area (Å²) >= 11 is 0. The molecule has 160 valence electrons. The molecule has 1 aromatic heterocycles. The number of rotatable bonds is 3. The first kappa shape index (κ1) is 21.8. The molecule has 8 heteroatoms. The monoisotopic (exact) mass is 419 g/mol. The number of anilines is 1. The van der Waals surface area contributed by atoms with Crippen LogP contribution in [0.1, 0.15) is 52.2 Å². The first-order valence-electron chi connectivity index (χ1n) is 9.79. The van der Waals surface area contributed by atoms with Gasteiger partial charge in [-0.1, -0.05) is 19.9 Å². The first-order chi connectivity index (χ1) is 14.0. The fraction of sp³-hybridized carbons (Fsp3) is 0.409. The number of hydrogen-bond acceptors (Lipinski definition) is 3. The number of aryl methyl sites for hydroxylation is 1. The molecule has 1 N–H and O–H groups in total. The number of benzene rings is 1. The zero-order valence-electron chi connectivity index (χ0n) is 17.1. The molecule has 2 aromatic rings. The number of carbonyl (C=O) groups excluding carboxylic acids is 2. The Hall–Kier alpha value is -2.90. The Bertz CT molecular complexity index is 932. The molecule has 1 aliphatic rings. The predicted octanol–water partition coefficient (Wildman–Crippen LogP) is 4.78. The van der Waals surface area contributed by atoms with Crippen molar-refractivity contribution in [1.82, 2.24) is 9.88 Å². The van der Waals surface area contributed by atoms with Gasteiger partial charge < -0.3 is 10.2 Å². The highest BCUT2D eigenvalue weighted by molar-refractivity contribution is 6.05. The summed E-state index contributed by atoms with van der Waals surface area (Å²) in [4.78, 5) is 30.5. The third kappa shape index (κ3) is 4.98. The summed E-state index contributed by atoms with van der Waals surface area (Å²) in [6.45, 7) is 7.40. The molecule has 1 saturated heterocycles. The topological polar surface area (TPSA) is 62.3 Å². The fourth-order valence-corrected chi connectivity index (χ4v) is 3.79. The smallest absolute Gasteiger partial charge is 0.338 e. The lowest BCUT2D eigenvalue weighted by atomic mass is 9.91. The van der Waals surface area contributed by atoms with Crippen LogP contribution in [0.15, 0.2) is 36.5 Å². The van der Waals surface area contributed by atoms with Gasteiger partial charge in [-0.3, -0.25) is 14.6 Å². The third-order valence-corrected chi connectivity index (χ3v) is 5.20. The van der Waals surface area contributed by atoms with Gasteiger partial charge in [-0.05, 0) is 55.0 Å². The van der Waals surface area contributed by atoms with E-state index in [0.717, 1.165) is 30.3 Å². The number of likely N-dealkylation sites (tertiary alicyclic amines) is 1. The van der Waals surface area contributed by atoms with Crippen LogP contribution >= 0.6 is 0 Å². The van der Waals surface area contributed by atoms with Crippen LogP contribution in [0.5, 0.6) is 0 Å². The Morgan fingerprint density at radius 3 is 2.27 bits per heavy atom. The number of nitrogens with zero attached hydrogens (tertiary/aromatic N) is 2. The van der Waals surface area contributed by atoms with E-state index in [-0.39, 0.29) is 11.5 Å². The summed E-state index contributed by atoms with van der Waals surface area (Å²) in [6.07, 6.45) is -2.59. The number of piperidine rings is 1. The number of halogens is 3.